The molecule has 1 N–H and O–H groups in total. The third kappa shape index (κ3) is 2.65. The van der Waals surface area contributed by atoms with Gasteiger partial charge in [0, 0.05) is 26.8 Å². The van der Waals surface area contributed by atoms with Crippen molar-refractivity contribution >= 4 is 28.6 Å². The second-order valence-electron chi connectivity index (χ2n) is 6.99. The Hall–Kier alpha value is -3.76. The van der Waals surface area contributed by atoms with Gasteiger partial charge < -0.3 is 10.2 Å². The van der Waals surface area contributed by atoms with E-state index in [0.29, 0.717) is 17.2 Å². The molecule has 0 saturated carbocycles. The average molecular weight is 396 g/mol. The molecular weight excluding hydrogens is 376 g/mol. The first-order chi connectivity index (χ1) is 13.7. The van der Waals surface area contributed by atoms with Gasteiger partial charge in [0.25, 0.3) is 11.5 Å². The number of nitrogens with one attached hydrogen (secondary N) is 1. The van der Waals surface area contributed by atoms with Crippen molar-refractivity contribution in [2.75, 3.05) is 17.3 Å². The molecule has 1 atom stereocenters. The SMILES string of the molecule is CC1=C(C(=O)Nc2cnc3c(c2)c(=O)n(C)c(=O)n3C)[C@@H](C)n2ncnc2N1C. The predicted octanol–water partition coefficient (Wildman–Crippen LogP) is 0.147. The Morgan fingerprint density at radius 3 is 2.59 bits per heavy atom. The molecule has 3 aromatic heterocycles. The summed E-state index contributed by atoms with van der Waals surface area (Å²) in [6.07, 6.45) is 2.87. The lowest BCUT2D eigenvalue weighted by atomic mass is 10.0. The Kier molecular flexibility index (Phi) is 4.10. The number of aromatic nitrogens is 6. The van der Waals surface area contributed by atoms with E-state index in [1.165, 1.54) is 30.2 Å². The number of fused-ring (bicyclic) bond motifs is 2. The van der Waals surface area contributed by atoms with Gasteiger partial charge in [-0.3, -0.25) is 18.7 Å². The summed E-state index contributed by atoms with van der Waals surface area (Å²) in [4.78, 5) is 47.8. The number of allylic oxidation sites excluding steroid dienone is 1. The number of hydrogen-bond donors (Lipinski definition) is 1. The molecule has 0 spiro atoms. The van der Waals surface area contributed by atoms with Crippen LogP contribution in [-0.4, -0.2) is 41.8 Å². The molecule has 0 aromatic carbocycles. The number of nitrogens with zero attached hydrogens (tertiary/aromatic N) is 7. The number of carbonyl (C=O) groups is 1. The number of anilines is 2. The van der Waals surface area contributed by atoms with Crippen LogP contribution in [0.1, 0.15) is 19.9 Å². The standard InChI is InChI=1S/C18H20N8O3/c1-9-13(10(2)26-17(23(9)3)20-8-21-26)15(27)22-11-6-12-14(19-7-11)24(4)18(29)25(5)16(12)28/h6-8,10H,1-5H3,(H,22,27)/t10-/m1/s1. The van der Waals surface area contributed by atoms with Crippen LogP contribution in [0.4, 0.5) is 11.6 Å². The molecule has 0 saturated heterocycles. The number of rotatable bonds is 2. The van der Waals surface area contributed by atoms with Gasteiger partial charge in [0.05, 0.1) is 28.9 Å². The van der Waals surface area contributed by atoms with Gasteiger partial charge in [0.1, 0.15) is 12.0 Å². The monoisotopic (exact) mass is 396 g/mol. The van der Waals surface area contributed by atoms with Gasteiger partial charge in [-0.15, -0.1) is 0 Å². The fourth-order valence-electron chi connectivity index (χ4n) is 3.60. The summed E-state index contributed by atoms with van der Waals surface area (Å²) in [5.74, 6) is 0.328. The third-order valence-electron chi connectivity index (χ3n) is 5.33. The van der Waals surface area contributed by atoms with E-state index in [9.17, 15) is 14.4 Å². The normalized spacial score (nSPS) is 16.3. The van der Waals surface area contributed by atoms with Gasteiger partial charge in [-0.2, -0.15) is 10.1 Å². The molecule has 0 unspecified atom stereocenters. The second-order valence-corrected chi connectivity index (χ2v) is 6.99. The van der Waals surface area contributed by atoms with E-state index in [0.717, 1.165) is 10.3 Å². The minimum Gasteiger partial charge on any atom is -0.321 e. The molecule has 4 heterocycles. The molecule has 0 aliphatic carbocycles. The summed E-state index contributed by atoms with van der Waals surface area (Å²) in [5, 5.41) is 7.25. The van der Waals surface area contributed by atoms with Crippen molar-refractivity contribution in [1.82, 2.24) is 28.9 Å². The van der Waals surface area contributed by atoms with Crippen LogP contribution in [0.15, 0.2) is 39.4 Å². The van der Waals surface area contributed by atoms with Crippen molar-refractivity contribution in [2.24, 2.45) is 14.1 Å². The van der Waals surface area contributed by atoms with Crippen LogP contribution in [0.3, 0.4) is 0 Å². The smallest absolute Gasteiger partial charge is 0.321 e. The van der Waals surface area contributed by atoms with Crippen molar-refractivity contribution < 1.29 is 4.79 Å². The highest BCUT2D eigenvalue weighted by Crippen LogP contribution is 2.32. The second kappa shape index (κ2) is 6.40. The summed E-state index contributed by atoms with van der Waals surface area (Å²) < 4.78 is 3.97. The zero-order valence-corrected chi connectivity index (χ0v) is 16.7. The van der Waals surface area contributed by atoms with Crippen LogP contribution in [-0.2, 0) is 18.9 Å². The highest BCUT2D eigenvalue weighted by atomic mass is 16.2. The van der Waals surface area contributed by atoms with Gasteiger partial charge >= 0.3 is 5.69 Å². The number of pyridine rings is 1. The lowest BCUT2D eigenvalue weighted by molar-refractivity contribution is -0.113. The number of hydrogen-bond acceptors (Lipinski definition) is 7. The number of amides is 1. The molecule has 1 aliphatic rings. The molecule has 0 bridgehead atoms. The van der Waals surface area contributed by atoms with E-state index in [4.69, 9.17) is 0 Å². The first-order valence-electron chi connectivity index (χ1n) is 8.93. The third-order valence-corrected chi connectivity index (χ3v) is 5.33. The molecule has 3 aromatic rings. The minimum absolute atomic E-state index is 0.241. The fraction of sp³-hybridized carbons (Fsp3) is 0.333. The lowest BCUT2D eigenvalue weighted by Crippen LogP contribution is -2.37. The van der Waals surface area contributed by atoms with Crippen molar-refractivity contribution in [1.29, 1.82) is 0 Å². The Balaban J connectivity index is 1.74. The molecule has 150 valence electrons. The summed E-state index contributed by atoms with van der Waals surface area (Å²) in [6.45, 7) is 3.71. The van der Waals surface area contributed by atoms with Crippen LogP contribution in [0.2, 0.25) is 0 Å². The Morgan fingerprint density at radius 2 is 1.86 bits per heavy atom. The summed E-state index contributed by atoms with van der Waals surface area (Å²) >= 11 is 0. The van der Waals surface area contributed by atoms with E-state index < -0.39 is 11.2 Å². The van der Waals surface area contributed by atoms with Gasteiger partial charge in [0.15, 0.2) is 0 Å². The molecule has 4 rings (SSSR count). The lowest BCUT2D eigenvalue weighted by Gasteiger charge is -2.31. The highest BCUT2D eigenvalue weighted by Gasteiger charge is 2.32. The summed E-state index contributed by atoms with van der Waals surface area (Å²) in [5.41, 5.74) is 0.958. The van der Waals surface area contributed by atoms with E-state index in [-0.39, 0.29) is 23.0 Å². The number of aryl methyl sites for hydroxylation is 1. The van der Waals surface area contributed by atoms with Crippen LogP contribution in [0.5, 0.6) is 0 Å². The van der Waals surface area contributed by atoms with Crippen LogP contribution >= 0.6 is 0 Å². The molecule has 29 heavy (non-hydrogen) atoms. The Labute approximate surface area is 164 Å². The summed E-state index contributed by atoms with van der Waals surface area (Å²) in [7, 11) is 4.76. The topological polar surface area (TPSA) is 120 Å². The Bertz CT molecular complexity index is 1310. The van der Waals surface area contributed by atoms with E-state index >= 15 is 0 Å². The van der Waals surface area contributed by atoms with Crippen molar-refractivity contribution in [3.63, 3.8) is 0 Å². The minimum atomic E-state index is -0.472. The van der Waals surface area contributed by atoms with Crippen LogP contribution in [0.25, 0.3) is 11.0 Å². The first-order valence-corrected chi connectivity index (χ1v) is 8.93. The molecule has 0 radical (unpaired) electrons. The van der Waals surface area contributed by atoms with E-state index in [1.807, 2.05) is 20.9 Å². The van der Waals surface area contributed by atoms with Crippen molar-refractivity contribution in [2.45, 2.75) is 19.9 Å². The Morgan fingerprint density at radius 1 is 1.14 bits per heavy atom. The maximum absolute atomic E-state index is 13.1. The quantitative estimate of drug-likeness (QED) is 0.654. The van der Waals surface area contributed by atoms with Crippen LogP contribution in [0, 0.1) is 0 Å². The van der Waals surface area contributed by atoms with Gasteiger partial charge in [0.2, 0.25) is 5.95 Å². The number of carbonyl (C=O) groups excluding carboxylic acids is 1. The molecule has 1 amide bonds. The largest absolute Gasteiger partial charge is 0.332 e. The van der Waals surface area contributed by atoms with Gasteiger partial charge in [-0.1, -0.05) is 0 Å². The zero-order valence-electron chi connectivity index (χ0n) is 16.7. The first kappa shape index (κ1) is 18.6. The maximum Gasteiger partial charge on any atom is 0.332 e. The van der Waals surface area contributed by atoms with Crippen LogP contribution < -0.4 is 21.5 Å². The predicted molar refractivity (Wildman–Crippen MR) is 107 cm³/mol. The van der Waals surface area contributed by atoms with E-state index in [2.05, 4.69) is 20.4 Å². The molecule has 11 heteroatoms. The molecule has 1 aliphatic heterocycles. The fourth-order valence-corrected chi connectivity index (χ4v) is 3.60. The highest BCUT2D eigenvalue weighted by molar-refractivity contribution is 6.06. The van der Waals surface area contributed by atoms with Crippen molar-refractivity contribution in [3.8, 4) is 0 Å². The summed E-state index contributed by atoms with van der Waals surface area (Å²) in [6, 6.07) is 1.21. The molecular formula is C18H20N8O3. The average Bonchev–Trinajstić information content (AvgIpc) is 3.19. The zero-order chi connectivity index (χ0) is 21.0. The molecule has 11 nitrogen and oxygen atoms in total. The van der Waals surface area contributed by atoms with E-state index in [1.54, 1.807) is 16.6 Å². The van der Waals surface area contributed by atoms with Gasteiger partial charge in [-0.05, 0) is 19.9 Å². The maximum atomic E-state index is 13.1. The molecule has 0 fully saturated rings. The van der Waals surface area contributed by atoms with Crippen molar-refractivity contribution in [3.05, 3.63) is 50.7 Å². The van der Waals surface area contributed by atoms with Gasteiger partial charge in [-0.25, -0.2) is 14.5 Å².